The standard InChI is InChI=1S/C10H16O3/c1-10(7-11-2,8-12-3)9-5-4-6-13-9/h4-6H,7-8H2,1-3H3. The second-order valence-corrected chi connectivity index (χ2v) is 3.40. The zero-order valence-corrected chi connectivity index (χ0v) is 8.37. The van der Waals surface area contributed by atoms with E-state index in [1.54, 1.807) is 20.5 Å². The number of rotatable bonds is 5. The summed E-state index contributed by atoms with van der Waals surface area (Å²) in [5.41, 5.74) is -0.188. The zero-order chi connectivity index (χ0) is 9.73. The van der Waals surface area contributed by atoms with Gasteiger partial charge in [0.1, 0.15) is 5.76 Å². The first-order valence-electron chi connectivity index (χ1n) is 4.25. The van der Waals surface area contributed by atoms with Gasteiger partial charge in [0.15, 0.2) is 0 Å². The van der Waals surface area contributed by atoms with Crippen LogP contribution in [0.15, 0.2) is 22.8 Å². The lowest BCUT2D eigenvalue weighted by atomic mass is 9.90. The Hall–Kier alpha value is -0.800. The molecule has 3 nitrogen and oxygen atoms in total. The van der Waals surface area contributed by atoms with Gasteiger partial charge >= 0.3 is 0 Å². The molecule has 0 N–H and O–H groups in total. The third kappa shape index (κ3) is 2.32. The van der Waals surface area contributed by atoms with Crippen LogP contribution in [-0.2, 0) is 14.9 Å². The van der Waals surface area contributed by atoms with Crippen LogP contribution < -0.4 is 0 Å². The average Bonchev–Trinajstić information content (AvgIpc) is 2.57. The summed E-state index contributed by atoms with van der Waals surface area (Å²) < 4.78 is 15.6. The molecule has 0 aliphatic rings. The van der Waals surface area contributed by atoms with Crippen molar-refractivity contribution in [2.75, 3.05) is 27.4 Å². The van der Waals surface area contributed by atoms with E-state index in [1.807, 2.05) is 12.1 Å². The van der Waals surface area contributed by atoms with Gasteiger partial charge in [0.05, 0.1) is 24.9 Å². The molecule has 0 aromatic carbocycles. The van der Waals surface area contributed by atoms with E-state index in [9.17, 15) is 0 Å². The Morgan fingerprint density at radius 1 is 1.31 bits per heavy atom. The average molecular weight is 184 g/mol. The highest BCUT2D eigenvalue weighted by molar-refractivity contribution is 5.12. The smallest absolute Gasteiger partial charge is 0.114 e. The van der Waals surface area contributed by atoms with Crippen LogP contribution in [0.4, 0.5) is 0 Å². The lowest BCUT2D eigenvalue weighted by Gasteiger charge is -2.25. The lowest BCUT2D eigenvalue weighted by Crippen LogP contribution is -2.32. The van der Waals surface area contributed by atoms with E-state index < -0.39 is 0 Å². The van der Waals surface area contributed by atoms with Crippen molar-refractivity contribution >= 4 is 0 Å². The zero-order valence-electron chi connectivity index (χ0n) is 8.37. The maximum absolute atomic E-state index is 5.34. The molecule has 3 heteroatoms. The van der Waals surface area contributed by atoms with Gasteiger partial charge in [-0.1, -0.05) is 0 Å². The Bertz CT molecular complexity index is 222. The Morgan fingerprint density at radius 2 is 1.92 bits per heavy atom. The van der Waals surface area contributed by atoms with Crippen molar-refractivity contribution in [1.82, 2.24) is 0 Å². The number of ether oxygens (including phenoxy) is 2. The largest absolute Gasteiger partial charge is 0.469 e. The molecule has 0 aliphatic carbocycles. The van der Waals surface area contributed by atoms with Crippen molar-refractivity contribution in [2.24, 2.45) is 0 Å². The molecule has 1 aromatic heterocycles. The Balaban J connectivity index is 2.78. The van der Waals surface area contributed by atoms with Crippen LogP contribution in [0.1, 0.15) is 12.7 Å². The van der Waals surface area contributed by atoms with Crippen molar-refractivity contribution in [3.05, 3.63) is 24.2 Å². The van der Waals surface area contributed by atoms with Gasteiger partial charge in [0.25, 0.3) is 0 Å². The van der Waals surface area contributed by atoms with Crippen LogP contribution in [0.25, 0.3) is 0 Å². The fourth-order valence-corrected chi connectivity index (χ4v) is 1.44. The minimum atomic E-state index is -0.188. The monoisotopic (exact) mass is 184 g/mol. The molecule has 13 heavy (non-hydrogen) atoms. The normalized spacial score (nSPS) is 11.9. The Kier molecular flexibility index (Phi) is 3.51. The number of methoxy groups -OCH3 is 2. The van der Waals surface area contributed by atoms with Gasteiger partial charge < -0.3 is 13.9 Å². The number of furan rings is 1. The number of hydrogen-bond acceptors (Lipinski definition) is 3. The summed E-state index contributed by atoms with van der Waals surface area (Å²) >= 11 is 0. The predicted molar refractivity (Wildman–Crippen MR) is 49.8 cm³/mol. The van der Waals surface area contributed by atoms with Crippen molar-refractivity contribution < 1.29 is 13.9 Å². The topological polar surface area (TPSA) is 31.6 Å². The van der Waals surface area contributed by atoms with Gasteiger partial charge in [-0.2, -0.15) is 0 Å². The maximum atomic E-state index is 5.34. The van der Waals surface area contributed by atoms with Crippen LogP contribution >= 0.6 is 0 Å². The summed E-state index contributed by atoms with van der Waals surface area (Å²) in [4.78, 5) is 0. The van der Waals surface area contributed by atoms with E-state index in [0.29, 0.717) is 13.2 Å². The Labute approximate surface area is 78.6 Å². The second kappa shape index (κ2) is 4.44. The molecule has 0 unspecified atom stereocenters. The van der Waals surface area contributed by atoms with E-state index in [2.05, 4.69) is 6.92 Å². The molecule has 0 bridgehead atoms. The van der Waals surface area contributed by atoms with Crippen molar-refractivity contribution in [3.8, 4) is 0 Å². The van der Waals surface area contributed by atoms with E-state index in [0.717, 1.165) is 5.76 Å². The van der Waals surface area contributed by atoms with Crippen LogP contribution in [0.2, 0.25) is 0 Å². The molecule has 0 aliphatic heterocycles. The summed E-state index contributed by atoms with van der Waals surface area (Å²) in [6.45, 7) is 3.24. The highest BCUT2D eigenvalue weighted by atomic mass is 16.5. The highest BCUT2D eigenvalue weighted by Gasteiger charge is 2.29. The van der Waals surface area contributed by atoms with E-state index in [-0.39, 0.29) is 5.41 Å². The summed E-state index contributed by atoms with van der Waals surface area (Å²) in [5, 5.41) is 0. The SMILES string of the molecule is COCC(C)(COC)c1ccco1. The Morgan fingerprint density at radius 3 is 2.31 bits per heavy atom. The van der Waals surface area contributed by atoms with Gasteiger partial charge in [-0.25, -0.2) is 0 Å². The molecule has 1 aromatic rings. The molecule has 0 fully saturated rings. The second-order valence-electron chi connectivity index (χ2n) is 3.40. The quantitative estimate of drug-likeness (QED) is 0.699. The van der Waals surface area contributed by atoms with Crippen LogP contribution in [0.5, 0.6) is 0 Å². The van der Waals surface area contributed by atoms with E-state index >= 15 is 0 Å². The molecule has 74 valence electrons. The fraction of sp³-hybridized carbons (Fsp3) is 0.600. The number of hydrogen-bond donors (Lipinski definition) is 0. The molecule has 0 amide bonds. The molecule has 0 spiro atoms. The molecule has 1 rings (SSSR count). The summed E-state index contributed by atoms with van der Waals surface area (Å²) in [5.74, 6) is 0.899. The van der Waals surface area contributed by atoms with Gasteiger partial charge in [0.2, 0.25) is 0 Å². The van der Waals surface area contributed by atoms with Gasteiger partial charge in [0, 0.05) is 14.2 Å². The minimum Gasteiger partial charge on any atom is -0.469 e. The van der Waals surface area contributed by atoms with Gasteiger partial charge in [-0.3, -0.25) is 0 Å². The molecule has 0 radical (unpaired) electrons. The third-order valence-corrected chi connectivity index (χ3v) is 2.04. The van der Waals surface area contributed by atoms with E-state index in [4.69, 9.17) is 13.9 Å². The molecular weight excluding hydrogens is 168 g/mol. The summed E-state index contributed by atoms with van der Waals surface area (Å²) in [7, 11) is 3.35. The van der Waals surface area contributed by atoms with Gasteiger partial charge in [-0.15, -0.1) is 0 Å². The van der Waals surface area contributed by atoms with E-state index in [1.165, 1.54) is 0 Å². The van der Waals surface area contributed by atoms with Crippen molar-refractivity contribution in [1.29, 1.82) is 0 Å². The molecule has 0 saturated heterocycles. The van der Waals surface area contributed by atoms with Crippen LogP contribution in [-0.4, -0.2) is 27.4 Å². The highest BCUT2D eigenvalue weighted by Crippen LogP contribution is 2.24. The first-order chi connectivity index (χ1) is 6.23. The summed E-state index contributed by atoms with van der Waals surface area (Å²) in [6.07, 6.45) is 1.67. The van der Waals surface area contributed by atoms with Crippen LogP contribution in [0, 0.1) is 0 Å². The fourth-order valence-electron chi connectivity index (χ4n) is 1.44. The first kappa shape index (κ1) is 10.3. The van der Waals surface area contributed by atoms with Crippen molar-refractivity contribution in [3.63, 3.8) is 0 Å². The molecule has 0 saturated carbocycles. The van der Waals surface area contributed by atoms with Gasteiger partial charge in [-0.05, 0) is 19.1 Å². The first-order valence-corrected chi connectivity index (χ1v) is 4.25. The van der Waals surface area contributed by atoms with Crippen LogP contribution in [0.3, 0.4) is 0 Å². The predicted octanol–water partition coefficient (Wildman–Crippen LogP) is 1.83. The lowest BCUT2D eigenvalue weighted by molar-refractivity contribution is 0.0573. The van der Waals surface area contributed by atoms with Crippen molar-refractivity contribution in [2.45, 2.75) is 12.3 Å². The maximum Gasteiger partial charge on any atom is 0.114 e. The molecular formula is C10H16O3. The third-order valence-electron chi connectivity index (χ3n) is 2.04. The molecule has 1 heterocycles. The minimum absolute atomic E-state index is 0.188. The summed E-state index contributed by atoms with van der Waals surface area (Å²) in [6, 6.07) is 3.82. The molecule has 0 atom stereocenters.